The molecule has 3 atom stereocenters. The van der Waals surface area contributed by atoms with E-state index in [-0.39, 0.29) is 18.8 Å². The summed E-state index contributed by atoms with van der Waals surface area (Å²) in [5.41, 5.74) is 4.89. The summed E-state index contributed by atoms with van der Waals surface area (Å²) in [6.45, 7) is 13.5. The maximum Gasteiger partial charge on any atom is 0.408 e. The second kappa shape index (κ2) is 11.8. The van der Waals surface area contributed by atoms with Gasteiger partial charge in [-0.15, -0.1) is 0 Å². The molecule has 9 heteroatoms. The van der Waals surface area contributed by atoms with Gasteiger partial charge >= 0.3 is 6.09 Å². The van der Waals surface area contributed by atoms with Gasteiger partial charge in [-0.3, -0.25) is 24.1 Å². The molecule has 0 aliphatic rings. The molecular weight excluding hydrogens is 390 g/mol. The number of nitrogens with two attached hydrogens (primary N) is 1. The van der Waals surface area contributed by atoms with E-state index < -0.39 is 53.3 Å². The Labute approximate surface area is 179 Å². The lowest BCUT2D eigenvalue weighted by Gasteiger charge is -2.32. The van der Waals surface area contributed by atoms with Crippen molar-refractivity contribution in [2.45, 2.75) is 92.0 Å². The van der Waals surface area contributed by atoms with Crippen LogP contribution >= 0.6 is 0 Å². The number of rotatable bonds is 10. The Morgan fingerprint density at radius 2 is 1.63 bits per heavy atom. The Morgan fingerprint density at radius 3 is 2.00 bits per heavy atom. The van der Waals surface area contributed by atoms with E-state index in [1.807, 2.05) is 0 Å². The van der Waals surface area contributed by atoms with Crippen molar-refractivity contribution in [1.29, 1.82) is 0 Å². The first-order chi connectivity index (χ1) is 13.7. The topological polar surface area (TPSA) is 136 Å². The Kier molecular flexibility index (Phi) is 10.9. The van der Waals surface area contributed by atoms with Gasteiger partial charge in [-0.1, -0.05) is 34.6 Å². The molecule has 3 N–H and O–H groups in total. The first kappa shape index (κ1) is 27.7. The van der Waals surface area contributed by atoms with E-state index in [4.69, 9.17) is 10.5 Å². The summed E-state index contributed by atoms with van der Waals surface area (Å²) in [4.78, 5) is 63.0. The highest BCUT2D eigenvalue weighted by Crippen LogP contribution is 2.17. The largest absolute Gasteiger partial charge is 0.444 e. The van der Waals surface area contributed by atoms with Crippen LogP contribution in [-0.4, -0.2) is 58.6 Å². The number of carbonyl (C=O) groups excluding carboxylic acids is 5. The average Bonchev–Trinajstić information content (AvgIpc) is 2.61. The lowest BCUT2D eigenvalue weighted by atomic mass is 9.97. The molecule has 0 aliphatic carbocycles. The van der Waals surface area contributed by atoms with Crippen molar-refractivity contribution in [3.05, 3.63) is 0 Å². The molecule has 171 valence electrons. The average molecular weight is 427 g/mol. The van der Waals surface area contributed by atoms with Crippen LogP contribution in [0.4, 0.5) is 4.79 Å². The van der Waals surface area contributed by atoms with Crippen LogP contribution < -0.4 is 11.1 Å². The van der Waals surface area contributed by atoms with Gasteiger partial charge in [0.2, 0.25) is 12.1 Å². The number of hydrogen-bond acceptors (Lipinski definition) is 7. The van der Waals surface area contributed by atoms with Crippen LogP contribution in [0.5, 0.6) is 0 Å². The van der Waals surface area contributed by atoms with Crippen molar-refractivity contribution in [2.75, 3.05) is 0 Å². The van der Waals surface area contributed by atoms with Crippen molar-refractivity contribution in [2.24, 2.45) is 17.6 Å². The summed E-state index contributed by atoms with van der Waals surface area (Å²) in [6.07, 6.45) is 1.15. The monoisotopic (exact) mass is 426 g/mol. The zero-order valence-corrected chi connectivity index (χ0v) is 19.3. The lowest BCUT2D eigenvalue weighted by Crippen LogP contribution is -2.59. The molecule has 0 aromatic heterocycles. The van der Waals surface area contributed by atoms with Crippen molar-refractivity contribution in [1.82, 2.24) is 10.2 Å². The molecule has 1 radical (unpaired) electrons. The van der Waals surface area contributed by atoms with E-state index in [9.17, 15) is 24.0 Å². The zero-order chi connectivity index (χ0) is 23.8. The highest BCUT2D eigenvalue weighted by Gasteiger charge is 2.41. The number of alkyl carbamates (subject to hydrolysis) is 1. The predicted octanol–water partition coefficient (Wildman–Crippen LogP) is 1.72. The normalized spacial score (nSPS) is 14.6. The number of hydrogen-bond donors (Lipinski definition) is 2. The molecule has 9 nitrogen and oxygen atoms in total. The van der Waals surface area contributed by atoms with Gasteiger partial charge in [0, 0.05) is 0 Å². The van der Waals surface area contributed by atoms with Crippen molar-refractivity contribution < 1.29 is 28.7 Å². The Balaban J connectivity index is 6.05. The van der Waals surface area contributed by atoms with Gasteiger partial charge in [0.05, 0.1) is 6.04 Å². The van der Waals surface area contributed by atoms with Crippen molar-refractivity contribution in [3.63, 3.8) is 0 Å². The Hall–Kier alpha value is -2.29. The molecule has 0 bridgehead atoms. The Bertz CT molecular complexity index is 639. The van der Waals surface area contributed by atoms with E-state index >= 15 is 0 Å². The maximum atomic E-state index is 13.3. The summed E-state index contributed by atoms with van der Waals surface area (Å²) in [5.74, 6) is -3.56. The van der Waals surface area contributed by atoms with Gasteiger partial charge in [-0.05, 0) is 45.4 Å². The first-order valence-corrected chi connectivity index (χ1v) is 10.2. The molecule has 0 aromatic carbocycles. The molecule has 0 rings (SSSR count). The van der Waals surface area contributed by atoms with E-state index in [1.165, 1.54) is 0 Å². The molecule has 0 fully saturated rings. The third-order valence-electron chi connectivity index (χ3n) is 4.19. The third-order valence-corrected chi connectivity index (χ3v) is 4.19. The number of amides is 3. The van der Waals surface area contributed by atoms with Gasteiger partial charge in [0.25, 0.3) is 11.8 Å². The lowest BCUT2D eigenvalue weighted by molar-refractivity contribution is -0.155. The second-order valence-corrected chi connectivity index (χ2v) is 9.02. The van der Waals surface area contributed by atoms with Crippen LogP contribution in [0.1, 0.15) is 68.2 Å². The fourth-order valence-corrected chi connectivity index (χ4v) is 2.61. The van der Waals surface area contributed by atoms with E-state index in [0.29, 0.717) is 4.90 Å². The van der Waals surface area contributed by atoms with Crippen molar-refractivity contribution >= 4 is 30.0 Å². The van der Waals surface area contributed by atoms with Crippen molar-refractivity contribution in [3.8, 4) is 0 Å². The van der Waals surface area contributed by atoms with Gasteiger partial charge in [0.1, 0.15) is 17.7 Å². The molecule has 30 heavy (non-hydrogen) atoms. The minimum atomic E-state index is -1.28. The van der Waals surface area contributed by atoms with Crippen LogP contribution in [0.3, 0.4) is 0 Å². The van der Waals surface area contributed by atoms with Gasteiger partial charge in [-0.2, -0.15) is 0 Å². The van der Waals surface area contributed by atoms with Crippen LogP contribution in [-0.2, 0) is 23.9 Å². The fourth-order valence-electron chi connectivity index (χ4n) is 2.61. The smallest absolute Gasteiger partial charge is 0.408 e. The van der Waals surface area contributed by atoms with E-state index in [1.54, 1.807) is 61.7 Å². The van der Waals surface area contributed by atoms with Crippen LogP contribution in [0.25, 0.3) is 0 Å². The minimum absolute atomic E-state index is 0.0641. The highest BCUT2D eigenvalue weighted by molar-refractivity contribution is 6.40. The number of ketones is 1. The maximum absolute atomic E-state index is 13.3. The quantitative estimate of drug-likeness (QED) is 0.508. The van der Waals surface area contributed by atoms with Gasteiger partial charge in [-0.25, -0.2) is 4.79 Å². The number of imide groups is 1. The number of nitrogens with zero attached hydrogens (tertiary/aromatic N) is 1. The number of nitrogens with one attached hydrogen (secondary N) is 1. The predicted molar refractivity (Wildman–Crippen MR) is 112 cm³/mol. The fraction of sp³-hybridized carbons (Fsp3) is 0.762. The van der Waals surface area contributed by atoms with Gasteiger partial charge in [0.15, 0.2) is 0 Å². The summed E-state index contributed by atoms with van der Waals surface area (Å²) < 4.78 is 5.19. The molecule has 0 saturated heterocycles. The minimum Gasteiger partial charge on any atom is -0.444 e. The molecule has 0 aromatic rings. The molecule has 0 aliphatic heterocycles. The molecule has 3 amide bonds. The zero-order valence-electron chi connectivity index (χ0n) is 19.3. The summed E-state index contributed by atoms with van der Waals surface area (Å²) in [6, 6.07) is -3.58. The number of carbonyl (C=O) groups is 4. The van der Waals surface area contributed by atoms with Crippen LogP contribution in [0.15, 0.2) is 0 Å². The van der Waals surface area contributed by atoms with E-state index in [0.717, 1.165) is 0 Å². The summed E-state index contributed by atoms with van der Waals surface area (Å²) in [7, 11) is 0. The summed E-state index contributed by atoms with van der Waals surface area (Å²) >= 11 is 0. The SMILES string of the molecule is CCC(N)C(=O)C(=O)N(C(=O)[C@@H](NC(=O)OC(C)(C)C)C(C)C)[C@@H]([C]=O)CC(C)C. The third kappa shape index (κ3) is 8.61. The highest BCUT2D eigenvalue weighted by atomic mass is 16.6. The second-order valence-electron chi connectivity index (χ2n) is 9.02. The van der Waals surface area contributed by atoms with Crippen LogP contribution in [0.2, 0.25) is 0 Å². The first-order valence-electron chi connectivity index (χ1n) is 10.2. The van der Waals surface area contributed by atoms with E-state index in [2.05, 4.69) is 5.32 Å². The van der Waals surface area contributed by atoms with Crippen LogP contribution in [0, 0.1) is 11.8 Å². The number of ether oxygens (including phenoxy) is 1. The summed E-state index contributed by atoms with van der Waals surface area (Å²) in [5, 5.41) is 2.45. The molecule has 0 heterocycles. The standard InChI is InChI=1S/C21H36N3O6/c1-9-15(22)17(26)19(28)24(14(11-25)10-12(2)3)18(27)16(13(4)5)23-20(29)30-21(6,7)8/h12-16H,9-10,22H2,1-8H3,(H,23,29)/t14-,15?,16+/m1/s1. The molecular formula is C21H36N3O6. The number of Topliss-reactive ketones (excluding diaryl/α,β-unsaturated/α-hetero) is 1. The molecule has 0 saturated carbocycles. The molecule has 1 unspecified atom stereocenters. The van der Waals surface area contributed by atoms with Gasteiger partial charge < -0.3 is 15.8 Å². The molecule has 0 spiro atoms. The Morgan fingerprint density at radius 1 is 1.10 bits per heavy atom.